The van der Waals surface area contributed by atoms with Crippen molar-refractivity contribution >= 4 is 28.2 Å². The first-order valence-electron chi connectivity index (χ1n) is 7.61. The summed E-state index contributed by atoms with van der Waals surface area (Å²) in [7, 11) is 0. The van der Waals surface area contributed by atoms with Crippen molar-refractivity contribution in [1.29, 1.82) is 0 Å². The number of aromatic nitrogens is 1. The zero-order valence-corrected chi connectivity index (χ0v) is 12.8. The number of amides is 1. The maximum Gasteiger partial charge on any atom is 0.229 e. The number of aryl methyl sites for hydroxylation is 1. The van der Waals surface area contributed by atoms with E-state index in [0.29, 0.717) is 29.3 Å². The molecule has 21 heavy (non-hydrogen) atoms. The predicted molar refractivity (Wildman–Crippen MR) is 80.7 cm³/mol. The molecule has 0 radical (unpaired) electrons. The van der Waals surface area contributed by atoms with Gasteiger partial charge in [-0.05, 0) is 25.7 Å². The second kappa shape index (κ2) is 5.85. The fourth-order valence-electron chi connectivity index (χ4n) is 3.17. The lowest BCUT2D eigenvalue weighted by atomic mass is 9.82. The molecule has 2 aliphatic carbocycles. The van der Waals surface area contributed by atoms with Gasteiger partial charge in [-0.2, -0.15) is 0 Å². The monoisotopic (exact) mass is 308 g/mol. The molecule has 3 rings (SSSR count). The Bertz CT molecular complexity index is 561. The summed E-state index contributed by atoms with van der Waals surface area (Å²) in [6, 6.07) is 0. The number of hydrogen-bond donors (Lipinski definition) is 2. The average Bonchev–Trinajstić information content (AvgIpc) is 2.82. The lowest BCUT2D eigenvalue weighted by Gasteiger charge is -2.31. The van der Waals surface area contributed by atoms with Crippen LogP contribution in [0.15, 0.2) is 0 Å². The van der Waals surface area contributed by atoms with Gasteiger partial charge in [0, 0.05) is 6.42 Å². The van der Waals surface area contributed by atoms with Crippen LogP contribution in [0.4, 0.5) is 5.13 Å². The van der Waals surface area contributed by atoms with E-state index in [1.165, 1.54) is 11.3 Å². The van der Waals surface area contributed by atoms with Crippen molar-refractivity contribution in [2.45, 2.75) is 63.4 Å². The second-order valence-electron chi connectivity index (χ2n) is 6.08. The summed E-state index contributed by atoms with van der Waals surface area (Å²) in [5.41, 5.74) is -0.0578. The van der Waals surface area contributed by atoms with E-state index in [-0.39, 0.29) is 18.1 Å². The lowest BCUT2D eigenvalue weighted by Crippen LogP contribution is -2.35. The highest BCUT2D eigenvalue weighted by Gasteiger charge is 2.32. The number of nitrogens with one attached hydrogen (secondary N) is 1. The molecule has 1 saturated carbocycles. The van der Waals surface area contributed by atoms with Gasteiger partial charge in [-0.15, -0.1) is 0 Å². The van der Waals surface area contributed by atoms with Crippen molar-refractivity contribution in [3.8, 4) is 0 Å². The van der Waals surface area contributed by atoms with Crippen molar-refractivity contribution in [3.05, 3.63) is 10.6 Å². The van der Waals surface area contributed by atoms with Gasteiger partial charge in [0.05, 0.1) is 22.6 Å². The number of carbonyl (C=O) groups is 2. The van der Waals surface area contributed by atoms with E-state index >= 15 is 0 Å². The number of hydrogen-bond acceptors (Lipinski definition) is 5. The zero-order chi connectivity index (χ0) is 14.9. The predicted octanol–water partition coefficient (Wildman–Crippen LogP) is 2.69. The molecule has 0 unspecified atom stereocenters. The maximum absolute atomic E-state index is 12.1. The average molecular weight is 308 g/mol. The Kier molecular flexibility index (Phi) is 4.08. The van der Waals surface area contributed by atoms with Crippen LogP contribution < -0.4 is 5.32 Å². The van der Waals surface area contributed by atoms with Crippen LogP contribution in [0.1, 0.15) is 66.7 Å². The fourth-order valence-corrected chi connectivity index (χ4v) is 4.17. The van der Waals surface area contributed by atoms with Gasteiger partial charge in [-0.25, -0.2) is 4.98 Å². The minimum absolute atomic E-state index is 0.116. The van der Waals surface area contributed by atoms with Crippen LogP contribution in [-0.4, -0.2) is 27.4 Å². The van der Waals surface area contributed by atoms with E-state index in [1.807, 2.05) is 0 Å². The molecule has 0 aliphatic heterocycles. The third kappa shape index (κ3) is 3.32. The van der Waals surface area contributed by atoms with Crippen molar-refractivity contribution < 1.29 is 14.7 Å². The number of anilines is 1. The Morgan fingerprint density at radius 1 is 1.24 bits per heavy atom. The van der Waals surface area contributed by atoms with E-state index in [9.17, 15) is 14.7 Å². The first-order chi connectivity index (χ1) is 10.1. The Hall–Kier alpha value is -1.27. The maximum atomic E-state index is 12.1. The third-order valence-corrected chi connectivity index (χ3v) is 5.34. The first kappa shape index (κ1) is 14.7. The summed E-state index contributed by atoms with van der Waals surface area (Å²) in [4.78, 5) is 28.9. The van der Waals surface area contributed by atoms with Gasteiger partial charge in [-0.1, -0.05) is 30.6 Å². The quantitative estimate of drug-likeness (QED) is 0.899. The molecule has 1 aromatic rings. The Morgan fingerprint density at radius 2 is 2.00 bits per heavy atom. The number of rotatable bonds is 3. The highest BCUT2D eigenvalue weighted by atomic mass is 32.1. The number of aliphatic hydroxyl groups is 1. The van der Waals surface area contributed by atoms with Gasteiger partial charge in [0.2, 0.25) is 5.91 Å². The first-order valence-corrected chi connectivity index (χ1v) is 8.43. The van der Waals surface area contributed by atoms with Crippen LogP contribution in [0, 0.1) is 0 Å². The molecule has 0 spiro atoms. The molecule has 6 heteroatoms. The zero-order valence-electron chi connectivity index (χ0n) is 12.0. The molecule has 0 atom stereocenters. The summed E-state index contributed by atoms with van der Waals surface area (Å²) < 4.78 is 0. The molecule has 2 aliphatic rings. The van der Waals surface area contributed by atoms with Crippen molar-refractivity contribution in [1.82, 2.24) is 4.98 Å². The molecule has 1 fully saturated rings. The molecule has 114 valence electrons. The smallest absolute Gasteiger partial charge is 0.229 e. The molecular weight excluding hydrogens is 288 g/mol. The van der Waals surface area contributed by atoms with Crippen molar-refractivity contribution in [3.63, 3.8) is 0 Å². The van der Waals surface area contributed by atoms with E-state index in [0.717, 1.165) is 37.8 Å². The van der Waals surface area contributed by atoms with E-state index in [4.69, 9.17) is 0 Å². The Morgan fingerprint density at radius 3 is 2.71 bits per heavy atom. The summed E-state index contributed by atoms with van der Waals surface area (Å²) >= 11 is 1.26. The molecule has 0 bridgehead atoms. The molecule has 2 N–H and O–H groups in total. The third-order valence-electron chi connectivity index (χ3n) is 4.29. The number of thiazole rings is 1. The number of nitrogens with zero attached hydrogens (tertiary/aromatic N) is 1. The SMILES string of the molecule is O=C(CC1(O)CCCCC1)Nc1nc2c(s1)C(=O)CCC2. The minimum atomic E-state index is -0.866. The van der Waals surface area contributed by atoms with Crippen LogP contribution in [0.5, 0.6) is 0 Å². The van der Waals surface area contributed by atoms with Gasteiger partial charge in [0.15, 0.2) is 10.9 Å². The Labute approximate surface area is 127 Å². The summed E-state index contributed by atoms with van der Waals surface area (Å²) in [6.07, 6.45) is 6.78. The van der Waals surface area contributed by atoms with E-state index in [2.05, 4.69) is 10.3 Å². The van der Waals surface area contributed by atoms with Crippen molar-refractivity contribution in [2.24, 2.45) is 0 Å². The minimum Gasteiger partial charge on any atom is -0.389 e. The number of Topliss-reactive ketones (excluding diaryl/α,β-unsaturated/α-hetero) is 1. The van der Waals surface area contributed by atoms with E-state index in [1.54, 1.807) is 0 Å². The summed E-state index contributed by atoms with van der Waals surface area (Å²) in [5, 5.41) is 13.6. The van der Waals surface area contributed by atoms with Gasteiger partial charge in [0.25, 0.3) is 0 Å². The molecule has 0 aromatic carbocycles. The Balaban J connectivity index is 1.64. The number of fused-ring (bicyclic) bond motifs is 1. The summed E-state index contributed by atoms with van der Waals surface area (Å²) in [6.45, 7) is 0. The van der Waals surface area contributed by atoms with Crippen LogP contribution in [0.25, 0.3) is 0 Å². The van der Waals surface area contributed by atoms with Gasteiger partial charge >= 0.3 is 0 Å². The van der Waals surface area contributed by atoms with Gasteiger partial charge in [0.1, 0.15) is 0 Å². The van der Waals surface area contributed by atoms with Crippen LogP contribution in [-0.2, 0) is 11.2 Å². The normalized spacial score (nSPS) is 20.9. The topological polar surface area (TPSA) is 79.3 Å². The van der Waals surface area contributed by atoms with Gasteiger partial charge in [-0.3, -0.25) is 9.59 Å². The number of carbonyl (C=O) groups excluding carboxylic acids is 2. The highest BCUT2D eigenvalue weighted by Crippen LogP contribution is 2.32. The molecule has 0 saturated heterocycles. The molecular formula is C15H20N2O3S. The fraction of sp³-hybridized carbons (Fsp3) is 0.667. The highest BCUT2D eigenvalue weighted by molar-refractivity contribution is 7.17. The molecule has 1 aromatic heterocycles. The standard InChI is InChI=1S/C15H20N2O3S/c18-11-6-4-5-10-13(11)21-14(16-10)17-12(19)9-15(20)7-2-1-3-8-15/h20H,1-9H2,(H,16,17,19). The summed E-state index contributed by atoms with van der Waals surface area (Å²) in [5.74, 6) is -0.0851. The van der Waals surface area contributed by atoms with Crippen molar-refractivity contribution in [2.75, 3.05) is 5.32 Å². The molecule has 5 nitrogen and oxygen atoms in total. The largest absolute Gasteiger partial charge is 0.389 e. The molecule has 1 amide bonds. The molecule has 1 heterocycles. The van der Waals surface area contributed by atoms with E-state index < -0.39 is 5.60 Å². The van der Waals surface area contributed by atoms with Gasteiger partial charge < -0.3 is 10.4 Å². The van der Waals surface area contributed by atoms with Crippen LogP contribution in [0.2, 0.25) is 0 Å². The lowest BCUT2D eigenvalue weighted by molar-refractivity contribution is -0.122. The second-order valence-corrected chi connectivity index (χ2v) is 7.08. The number of ketones is 1. The van der Waals surface area contributed by atoms with Crippen LogP contribution >= 0.6 is 11.3 Å². The van der Waals surface area contributed by atoms with Crippen LogP contribution in [0.3, 0.4) is 0 Å².